The number of halogens is 1. The minimum atomic E-state index is -1.23. The number of rotatable bonds is 9. The molecule has 1 fully saturated rings. The number of nitrogens with one attached hydrogen (secondary N) is 1. The summed E-state index contributed by atoms with van der Waals surface area (Å²) in [4.78, 5) is 15.1. The number of quaternary nitrogens is 1. The lowest BCUT2D eigenvalue weighted by Gasteiger charge is -2.32. The first-order chi connectivity index (χ1) is 13.7. The lowest BCUT2D eigenvalue weighted by molar-refractivity contribution is -0.910. The number of likely N-dealkylation sites (tertiary alicyclic amines) is 1. The van der Waals surface area contributed by atoms with Gasteiger partial charge < -0.3 is 26.8 Å². The van der Waals surface area contributed by atoms with E-state index in [1.165, 1.54) is 19.4 Å². The Balaban J connectivity index is 0.00000300. The fourth-order valence-corrected chi connectivity index (χ4v) is 4.38. The van der Waals surface area contributed by atoms with Gasteiger partial charge in [0.05, 0.1) is 25.7 Å². The van der Waals surface area contributed by atoms with Crippen molar-refractivity contribution < 1.29 is 31.6 Å². The summed E-state index contributed by atoms with van der Waals surface area (Å²) in [5, 5.41) is 0. The van der Waals surface area contributed by atoms with Gasteiger partial charge in [-0.25, -0.2) is 4.79 Å². The number of carbonyl (C=O) groups is 1. The molecule has 1 N–H and O–H groups in total. The van der Waals surface area contributed by atoms with Gasteiger partial charge in [-0.1, -0.05) is 60.7 Å². The van der Waals surface area contributed by atoms with Gasteiger partial charge in [0.1, 0.15) is 0 Å². The largest absolute Gasteiger partial charge is 1.00 e. The van der Waals surface area contributed by atoms with Gasteiger partial charge in [0.2, 0.25) is 5.60 Å². The molecule has 0 amide bonds. The third kappa shape index (κ3) is 5.19. The molecule has 2 aromatic carbocycles. The highest BCUT2D eigenvalue weighted by molar-refractivity contribution is 5.85. The van der Waals surface area contributed by atoms with Crippen LogP contribution in [0.3, 0.4) is 0 Å². The van der Waals surface area contributed by atoms with Crippen LogP contribution in [0.15, 0.2) is 60.7 Å². The Labute approximate surface area is 180 Å². The van der Waals surface area contributed by atoms with E-state index in [9.17, 15) is 4.79 Å². The first-order valence-electron chi connectivity index (χ1n) is 10.5. The molecule has 1 saturated heterocycles. The van der Waals surface area contributed by atoms with Crippen LogP contribution in [0, 0.1) is 0 Å². The molecule has 0 saturated carbocycles. The number of esters is 1. The maximum absolute atomic E-state index is 13.4. The van der Waals surface area contributed by atoms with E-state index in [0.29, 0.717) is 19.3 Å². The van der Waals surface area contributed by atoms with Gasteiger partial charge in [-0.3, -0.25) is 0 Å². The van der Waals surface area contributed by atoms with Crippen molar-refractivity contribution in [1.29, 1.82) is 0 Å². The summed E-state index contributed by atoms with van der Waals surface area (Å²) in [7, 11) is 0. The van der Waals surface area contributed by atoms with Crippen molar-refractivity contribution >= 4 is 5.97 Å². The molecular weight excluding hydrogens is 386 g/mol. The Morgan fingerprint density at radius 3 is 2.14 bits per heavy atom. The van der Waals surface area contributed by atoms with E-state index >= 15 is 0 Å². The van der Waals surface area contributed by atoms with Crippen molar-refractivity contribution in [3.05, 3.63) is 71.8 Å². The van der Waals surface area contributed by atoms with Crippen LogP contribution in [0.2, 0.25) is 0 Å². The van der Waals surface area contributed by atoms with Crippen molar-refractivity contribution in [1.82, 2.24) is 0 Å². The van der Waals surface area contributed by atoms with Crippen LogP contribution >= 0.6 is 0 Å². The topological polar surface area (TPSA) is 40.0 Å². The predicted molar refractivity (Wildman–Crippen MR) is 110 cm³/mol. The highest BCUT2D eigenvalue weighted by Crippen LogP contribution is 2.35. The summed E-state index contributed by atoms with van der Waals surface area (Å²) in [5.41, 5.74) is 0.369. The Bertz CT molecular complexity index is 699. The monoisotopic (exact) mass is 417 g/mol. The SMILES string of the molecule is CCOC(C(=O)OCCC1CCC[NH+]1CC)(c1ccccc1)c1ccccc1.[Cl-]. The minimum absolute atomic E-state index is 0. The van der Waals surface area contributed by atoms with Crippen LogP contribution in [-0.4, -0.2) is 38.3 Å². The van der Waals surface area contributed by atoms with E-state index < -0.39 is 5.60 Å². The van der Waals surface area contributed by atoms with E-state index in [1.807, 2.05) is 67.6 Å². The summed E-state index contributed by atoms with van der Waals surface area (Å²) in [5.74, 6) is -0.331. The maximum Gasteiger partial charge on any atom is 0.347 e. The highest BCUT2D eigenvalue weighted by atomic mass is 35.5. The van der Waals surface area contributed by atoms with Crippen LogP contribution < -0.4 is 17.3 Å². The number of benzene rings is 2. The number of hydrogen-bond acceptors (Lipinski definition) is 3. The van der Waals surface area contributed by atoms with Crippen molar-refractivity contribution in [2.75, 3.05) is 26.3 Å². The lowest BCUT2D eigenvalue weighted by Crippen LogP contribution is -3.13. The second-order valence-electron chi connectivity index (χ2n) is 7.37. The quantitative estimate of drug-likeness (QED) is 0.582. The normalized spacial score (nSPS) is 18.8. The number of carbonyl (C=O) groups excluding carboxylic acids is 1. The molecule has 29 heavy (non-hydrogen) atoms. The molecule has 3 rings (SSSR count). The Morgan fingerprint density at radius 2 is 1.62 bits per heavy atom. The molecule has 1 aliphatic rings. The fraction of sp³-hybridized carbons (Fsp3) is 0.458. The number of hydrogen-bond donors (Lipinski definition) is 1. The summed E-state index contributed by atoms with van der Waals surface area (Å²) in [6.45, 7) is 7.35. The minimum Gasteiger partial charge on any atom is -1.00 e. The van der Waals surface area contributed by atoms with Gasteiger partial charge >= 0.3 is 5.97 Å². The van der Waals surface area contributed by atoms with E-state index in [1.54, 1.807) is 4.90 Å². The third-order valence-electron chi connectivity index (χ3n) is 5.79. The molecular formula is C24H32ClNO3. The molecule has 5 heteroatoms. The van der Waals surface area contributed by atoms with Gasteiger partial charge in [0.25, 0.3) is 0 Å². The summed E-state index contributed by atoms with van der Waals surface area (Å²) >= 11 is 0. The van der Waals surface area contributed by atoms with Crippen molar-refractivity contribution in [3.8, 4) is 0 Å². The average Bonchev–Trinajstić information content (AvgIpc) is 3.20. The molecule has 1 heterocycles. The molecule has 0 aliphatic carbocycles. The van der Waals surface area contributed by atoms with Gasteiger partial charge in [-0.05, 0) is 25.0 Å². The number of ether oxygens (including phenoxy) is 2. The zero-order valence-corrected chi connectivity index (χ0v) is 18.2. The zero-order chi connectivity index (χ0) is 19.8. The molecule has 2 unspecified atom stereocenters. The first kappa shape index (κ1) is 23.4. The van der Waals surface area contributed by atoms with E-state index in [2.05, 4.69) is 6.92 Å². The summed E-state index contributed by atoms with van der Waals surface area (Å²) in [6.07, 6.45) is 3.38. The van der Waals surface area contributed by atoms with E-state index in [4.69, 9.17) is 9.47 Å². The van der Waals surface area contributed by atoms with Crippen molar-refractivity contribution in [2.24, 2.45) is 0 Å². The van der Waals surface area contributed by atoms with E-state index in [-0.39, 0.29) is 18.4 Å². The highest BCUT2D eigenvalue weighted by Gasteiger charge is 2.45. The van der Waals surface area contributed by atoms with Gasteiger partial charge in [0, 0.05) is 25.9 Å². The van der Waals surface area contributed by atoms with Crippen molar-refractivity contribution in [3.63, 3.8) is 0 Å². The van der Waals surface area contributed by atoms with Crippen LogP contribution in [-0.2, 0) is 19.9 Å². The standard InChI is InChI=1S/C24H31NO3.ClH/c1-3-25-18-11-16-22(25)17-19-27-23(26)24(28-4-2,20-12-7-5-8-13-20)21-14-9-6-10-15-21;/h5-10,12-15,22H,3-4,11,16-19H2,1-2H3;1H. The molecule has 1 aliphatic heterocycles. The van der Waals surface area contributed by atoms with E-state index in [0.717, 1.165) is 24.1 Å². The molecule has 2 atom stereocenters. The summed E-state index contributed by atoms with van der Waals surface area (Å²) in [6, 6.07) is 19.9. The second kappa shape index (κ2) is 11.3. The molecule has 0 bridgehead atoms. The van der Waals surface area contributed by atoms with Crippen LogP contribution in [0.4, 0.5) is 0 Å². The fourth-order valence-electron chi connectivity index (χ4n) is 4.38. The lowest BCUT2D eigenvalue weighted by atomic mass is 9.86. The predicted octanol–water partition coefficient (Wildman–Crippen LogP) is -0.0288. The zero-order valence-electron chi connectivity index (χ0n) is 17.4. The molecule has 0 aromatic heterocycles. The van der Waals surface area contributed by atoms with Gasteiger partial charge in [0.15, 0.2) is 0 Å². The van der Waals surface area contributed by atoms with Crippen LogP contribution in [0.25, 0.3) is 0 Å². The van der Waals surface area contributed by atoms with Crippen molar-refractivity contribution in [2.45, 2.75) is 44.8 Å². The summed E-state index contributed by atoms with van der Waals surface area (Å²) < 4.78 is 12.0. The first-order valence-corrected chi connectivity index (χ1v) is 10.5. The Kier molecular flexibility index (Phi) is 9.15. The smallest absolute Gasteiger partial charge is 0.347 e. The second-order valence-corrected chi connectivity index (χ2v) is 7.37. The maximum atomic E-state index is 13.4. The molecule has 158 valence electrons. The molecule has 0 spiro atoms. The molecule has 2 aromatic rings. The van der Waals surface area contributed by atoms with Gasteiger partial charge in [-0.2, -0.15) is 0 Å². The molecule has 0 radical (unpaired) electrons. The average molecular weight is 418 g/mol. The third-order valence-corrected chi connectivity index (χ3v) is 5.79. The van der Waals surface area contributed by atoms with Crippen LogP contribution in [0.5, 0.6) is 0 Å². The Morgan fingerprint density at radius 1 is 1.03 bits per heavy atom. The molecule has 4 nitrogen and oxygen atoms in total. The Hall–Kier alpha value is -1.88. The van der Waals surface area contributed by atoms with Gasteiger partial charge in [-0.15, -0.1) is 0 Å². The van der Waals surface area contributed by atoms with Crippen LogP contribution in [0.1, 0.15) is 44.2 Å².